The third kappa shape index (κ3) is 4.15. The van der Waals surface area contributed by atoms with Crippen molar-refractivity contribution in [2.75, 3.05) is 19.6 Å². The number of nitrogens with one attached hydrogen (secondary N) is 3. The SMILES string of the molecule is CC(=O)NC1(c2ccc(C)cc2)CC[NH+](CC(=O)NC2CC2)CC1. The summed E-state index contributed by atoms with van der Waals surface area (Å²) in [5.41, 5.74) is 2.09. The molecule has 1 aliphatic heterocycles. The van der Waals surface area contributed by atoms with Crippen molar-refractivity contribution in [3.8, 4) is 0 Å². The summed E-state index contributed by atoms with van der Waals surface area (Å²) in [6.07, 6.45) is 3.98. The molecular weight excluding hydrogens is 302 g/mol. The molecule has 1 saturated heterocycles. The molecule has 0 atom stereocenters. The second-order valence-corrected chi connectivity index (χ2v) is 7.40. The number of aryl methyl sites for hydroxylation is 1. The van der Waals surface area contributed by atoms with Crippen molar-refractivity contribution in [3.05, 3.63) is 35.4 Å². The molecular formula is C19H28N3O2+. The number of likely N-dealkylation sites (tertiary alicyclic amines) is 1. The standard InChI is InChI=1S/C19H27N3O2/c1-14-3-5-16(6-4-14)19(21-15(2)23)9-11-22(12-10-19)13-18(24)20-17-7-8-17/h3-6,17H,7-13H2,1-2H3,(H,20,24)(H,21,23)/p+1. The van der Waals surface area contributed by atoms with Gasteiger partial charge in [-0.05, 0) is 25.3 Å². The van der Waals surface area contributed by atoms with Gasteiger partial charge in [-0.2, -0.15) is 0 Å². The molecule has 1 saturated carbocycles. The number of hydrogen-bond donors (Lipinski definition) is 3. The van der Waals surface area contributed by atoms with Crippen LogP contribution in [0.15, 0.2) is 24.3 Å². The molecule has 2 fully saturated rings. The van der Waals surface area contributed by atoms with Gasteiger partial charge in [-0.1, -0.05) is 29.8 Å². The molecule has 24 heavy (non-hydrogen) atoms. The van der Waals surface area contributed by atoms with Crippen LogP contribution in [0.4, 0.5) is 0 Å². The minimum atomic E-state index is -0.296. The second kappa shape index (κ2) is 6.93. The molecule has 5 heteroatoms. The van der Waals surface area contributed by atoms with Gasteiger partial charge in [0, 0.05) is 25.8 Å². The zero-order valence-electron chi connectivity index (χ0n) is 14.7. The maximum atomic E-state index is 12.0. The lowest BCUT2D eigenvalue weighted by molar-refractivity contribution is -0.898. The lowest BCUT2D eigenvalue weighted by atomic mass is 9.80. The summed E-state index contributed by atoms with van der Waals surface area (Å²) in [6.45, 7) is 5.98. The maximum absolute atomic E-state index is 12.0. The van der Waals surface area contributed by atoms with E-state index in [1.54, 1.807) is 6.92 Å². The van der Waals surface area contributed by atoms with E-state index in [2.05, 4.69) is 41.8 Å². The number of carbonyl (C=O) groups is 2. The van der Waals surface area contributed by atoms with Crippen LogP contribution in [0.1, 0.15) is 43.7 Å². The summed E-state index contributed by atoms with van der Waals surface area (Å²) in [4.78, 5) is 25.1. The molecule has 3 N–H and O–H groups in total. The Kier molecular flexibility index (Phi) is 4.90. The average Bonchev–Trinajstić information content (AvgIpc) is 3.33. The van der Waals surface area contributed by atoms with E-state index >= 15 is 0 Å². The topological polar surface area (TPSA) is 62.6 Å². The van der Waals surface area contributed by atoms with Gasteiger partial charge in [-0.25, -0.2) is 0 Å². The molecule has 1 aromatic rings. The van der Waals surface area contributed by atoms with Crippen LogP contribution in [-0.2, 0) is 15.1 Å². The van der Waals surface area contributed by atoms with Gasteiger partial charge in [0.05, 0.1) is 18.6 Å². The Balaban J connectivity index is 1.65. The predicted molar refractivity (Wildman–Crippen MR) is 92.6 cm³/mol. The van der Waals surface area contributed by atoms with Gasteiger partial charge in [0.25, 0.3) is 5.91 Å². The molecule has 0 radical (unpaired) electrons. The quantitative estimate of drug-likeness (QED) is 0.726. The van der Waals surface area contributed by atoms with E-state index in [-0.39, 0.29) is 17.4 Å². The molecule has 0 spiro atoms. The number of benzene rings is 1. The fraction of sp³-hybridized carbons (Fsp3) is 0.579. The Labute approximate surface area is 143 Å². The van der Waals surface area contributed by atoms with Crippen LogP contribution in [0.5, 0.6) is 0 Å². The van der Waals surface area contributed by atoms with E-state index in [0.717, 1.165) is 38.8 Å². The molecule has 1 aromatic carbocycles. The summed E-state index contributed by atoms with van der Waals surface area (Å²) < 4.78 is 0. The molecule has 2 amide bonds. The highest BCUT2D eigenvalue weighted by Gasteiger charge is 2.39. The summed E-state index contributed by atoms with van der Waals surface area (Å²) in [7, 11) is 0. The lowest BCUT2D eigenvalue weighted by Gasteiger charge is -2.40. The van der Waals surface area contributed by atoms with Gasteiger partial charge in [-0.15, -0.1) is 0 Å². The van der Waals surface area contributed by atoms with Crippen molar-refractivity contribution in [3.63, 3.8) is 0 Å². The van der Waals surface area contributed by atoms with Crippen LogP contribution in [0.3, 0.4) is 0 Å². The van der Waals surface area contributed by atoms with Crippen LogP contribution in [0.25, 0.3) is 0 Å². The predicted octanol–water partition coefficient (Wildman–Crippen LogP) is 0.284. The van der Waals surface area contributed by atoms with Crippen LogP contribution >= 0.6 is 0 Å². The number of quaternary nitrogens is 1. The molecule has 3 rings (SSSR count). The van der Waals surface area contributed by atoms with E-state index < -0.39 is 0 Å². The molecule has 130 valence electrons. The average molecular weight is 330 g/mol. The Morgan fingerprint density at radius 3 is 2.33 bits per heavy atom. The molecule has 1 aliphatic carbocycles. The maximum Gasteiger partial charge on any atom is 0.275 e. The van der Waals surface area contributed by atoms with Gasteiger partial charge in [0.2, 0.25) is 5.91 Å². The first-order valence-electron chi connectivity index (χ1n) is 8.96. The van der Waals surface area contributed by atoms with Crippen LogP contribution in [-0.4, -0.2) is 37.5 Å². The van der Waals surface area contributed by atoms with Crippen molar-refractivity contribution >= 4 is 11.8 Å². The fourth-order valence-corrected chi connectivity index (χ4v) is 3.64. The van der Waals surface area contributed by atoms with E-state index in [0.29, 0.717) is 12.6 Å². The minimum Gasteiger partial charge on any atom is -0.348 e. The van der Waals surface area contributed by atoms with Crippen molar-refractivity contribution in [2.24, 2.45) is 0 Å². The minimum absolute atomic E-state index is 0.00509. The second-order valence-electron chi connectivity index (χ2n) is 7.40. The first-order valence-corrected chi connectivity index (χ1v) is 8.96. The van der Waals surface area contributed by atoms with Crippen molar-refractivity contribution in [2.45, 2.75) is 51.1 Å². The van der Waals surface area contributed by atoms with Crippen molar-refractivity contribution in [1.82, 2.24) is 10.6 Å². The summed E-state index contributed by atoms with van der Waals surface area (Å²) in [5.74, 6) is 0.167. The molecule has 0 unspecified atom stereocenters. The van der Waals surface area contributed by atoms with Gasteiger partial charge in [-0.3, -0.25) is 9.59 Å². The van der Waals surface area contributed by atoms with Gasteiger partial charge in [0.1, 0.15) is 0 Å². The number of amides is 2. The van der Waals surface area contributed by atoms with Gasteiger partial charge < -0.3 is 15.5 Å². The smallest absolute Gasteiger partial charge is 0.275 e. The fourth-order valence-electron chi connectivity index (χ4n) is 3.64. The summed E-state index contributed by atoms with van der Waals surface area (Å²) in [5, 5.41) is 6.26. The highest BCUT2D eigenvalue weighted by molar-refractivity contribution is 5.77. The van der Waals surface area contributed by atoms with E-state index in [1.807, 2.05) is 0 Å². The van der Waals surface area contributed by atoms with Crippen LogP contribution in [0, 0.1) is 6.92 Å². The molecule has 1 heterocycles. The number of piperidine rings is 1. The van der Waals surface area contributed by atoms with E-state index in [4.69, 9.17) is 0 Å². The van der Waals surface area contributed by atoms with Crippen LogP contribution < -0.4 is 15.5 Å². The Morgan fingerprint density at radius 2 is 1.79 bits per heavy atom. The van der Waals surface area contributed by atoms with Crippen LogP contribution in [0.2, 0.25) is 0 Å². The zero-order valence-corrected chi connectivity index (χ0v) is 14.7. The number of carbonyl (C=O) groups excluding carboxylic acids is 2. The summed E-state index contributed by atoms with van der Waals surface area (Å²) in [6, 6.07) is 8.86. The third-order valence-corrected chi connectivity index (χ3v) is 5.18. The van der Waals surface area contributed by atoms with Gasteiger partial charge >= 0.3 is 0 Å². The Hall–Kier alpha value is -1.88. The molecule has 0 aromatic heterocycles. The highest BCUT2D eigenvalue weighted by Crippen LogP contribution is 2.30. The number of rotatable bonds is 5. The van der Waals surface area contributed by atoms with Crippen molar-refractivity contribution < 1.29 is 14.5 Å². The van der Waals surface area contributed by atoms with Gasteiger partial charge in [0.15, 0.2) is 6.54 Å². The van der Waals surface area contributed by atoms with Crippen molar-refractivity contribution in [1.29, 1.82) is 0 Å². The third-order valence-electron chi connectivity index (χ3n) is 5.18. The molecule has 5 nitrogen and oxygen atoms in total. The summed E-state index contributed by atoms with van der Waals surface area (Å²) >= 11 is 0. The molecule has 0 bridgehead atoms. The lowest BCUT2D eigenvalue weighted by Crippen LogP contribution is -3.14. The van der Waals surface area contributed by atoms with E-state index in [1.165, 1.54) is 16.0 Å². The molecule has 2 aliphatic rings. The Morgan fingerprint density at radius 1 is 1.17 bits per heavy atom. The first kappa shape index (κ1) is 17.0. The van der Waals surface area contributed by atoms with E-state index in [9.17, 15) is 9.59 Å². The number of hydrogen-bond acceptors (Lipinski definition) is 2. The monoisotopic (exact) mass is 330 g/mol. The highest BCUT2D eigenvalue weighted by atomic mass is 16.2. The zero-order chi connectivity index (χ0) is 17.2. The Bertz CT molecular complexity index is 600. The first-order chi connectivity index (χ1) is 11.5. The normalized spacial score (nSPS) is 26.7. The largest absolute Gasteiger partial charge is 0.348 e.